The third-order valence-electron chi connectivity index (χ3n) is 1.91. The van der Waals surface area contributed by atoms with Crippen LogP contribution in [0.1, 0.15) is 18.2 Å². The molecule has 0 spiro atoms. The number of nitrogens with zero attached hydrogens (tertiary/aromatic N) is 3. The molecule has 1 heterocycles. The van der Waals surface area contributed by atoms with E-state index in [-0.39, 0.29) is 0 Å². The van der Waals surface area contributed by atoms with Crippen LogP contribution in [0.25, 0.3) is 0 Å². The molecule has 0 aliphatic carbocycles. The van der Waals surface area contributed by atoms with E-state index in [0.29, 0.717) is 11.1 Å². The Hall–Kier alpha value is -0.830. The van der Waals surface area contributed by atoms with Crippen molar-refractivity contribution in [2.75, 3.05) is 19.0 Å². The van der Waals surface area contributed by atoms with Gasteiger partial charge in [-0.3, -0.25) is 0 Å². The van der Waals surface area contributed by atoms with Crippen LogP contribution in [0.4, 0.5) is 5.95 Å². The Morgan fingerprint density at radius 2 is 1.92 bits per heavy atom. The number of rotatable bonds is 2. The number of hydrogen-bond acceptors (Lipinski definition) is 3. The Morgan fingerprint density at radius 3 is 2.31 bits per heavy atom. The van der Waals surface area contributed by atoms with Gasteiger partial charge in [-0.1, -0.05) is 18.5 Å². The number of anilines is 1. The van der Waals surface area contributed by atoms with Crippen LogP contribution in [0.2, 0.25) is 5.15 Å². The summed E-state index contributed by atoms with van der Waals surface area (Å²) in [5, 5.41) is 0.568. The van der Waals surface area contributed by atoms with Crippen molar-refractivity contribution in [3.63, 3.8) is 0 Å². The Morgan fingerprint density at radius 1 is 1.31 bits per heavy atom. The lowest BCUT2D eigenvalue weighted by atomic mass is 10.2. The standard InChI is InChI=1S/C9H14ClN3/c1-5-7-6(2)11-9(13(3)4)12-8(7)10/h5H2,1-4H3. The SMILES string of the molecule is CCc1c(C)nc(N(C)C)nc1Cl. The lowest BCUT2D eigenvalue weighted by molar-refractivity contribution is 0.938. The molecule has 0 saturated heterocycles. The van der Waals surface area contributed by atoms with Gasteiger partial charge < -0.3 is 4.90 Å². The van der Waals surface area contributed by atoms with E-state index in [1.807, 2.05) is 32.8 Å². The zero-order chi connectivity index (χ0) is 10.0. The van der Waals surface area contributed by atoms with Crippen molar-refractivity contribution in [3.05, 3.63) is 16.4 Å². The summed E-state index contributed by atoms with van der Waals surface area (Å²) in [5.41, 5.74) is 2.00. The average molecular weight is 200 g/mol. The summed E-state index contributed by atoms with van der Waals surface area (Å²) < 4.78 is 0. The largest absolute Gasteiger partial charge is 0.347 e. The van der Waals surface area contributed by atoms with Crippen LogP contribution in [-0.2, 0) is 6.42 Å². The van der Waals surface area contributed by atoms with Gasteiger partial charge in [-0.15, -0.1) is 0 Å². The third-order valence-corrected chi connectivity index (χ3v) is 2.22. The summed E-state index contributed by atoms with van der Waals surface area (Å²) in [6.07, 6.45) is 0.873. The fraction of sp³-hybridized carbons (Fsp3) is 0.556. The first-order valence-electron chi connectivity index (χ1n) is 4.26. The highest BCUT2D eigenvalue weighted by molar-refractivity contribution is 6.30. The predicted octanol–water partition coefficient (Wildman–Crippen LogP) is 2.07. The van der Waals surface area contributed by atoms with Gasteiger partial charge in [0.25, 0.3) is 0 Å². The lowest BCUT2D eigenvalue weighted by Crippen LogP contribution is -2.14. The summed E-state index contributed by atoms with van der Waals surface area (Å²) in [6, 6.07) is 0. The van der Waals surface area contributed by atoms with Crippen LogP contribution in [0.5, 0.6) is 0 Å². The Kier molecular flexibility index (Phi) is 3.09. The molecule has 13 heavy (non-hydrogen) atoms. The molecule has 0 bridgehead atoms. The lowest BCUT2D eigenvalue weighted by Gasteiger charge is -2.13. The Bertz CT molecular complexity index is 287. The van der Waals surface area contributed by atoms with E-state index in [4.69, 9.17) is 11.6 Å². The molecular formula is C9H14ClN3. The van der Waals surface area contributed by atoms with Gasteiger partial charge in [0.15, 0.2) is 0 Å². The summed E-state index contributed by atoms with van der Waals surface area (Å²) in [5.74, 6) is 0.666. The van der Waals surface area contributed by atoms with E-state index in [2.05, 4.69) is 9.97 Å². The van der Waals surface area contributed by atoms with Gasteiger partial charge in [0.05, 0.1) is 0 Å². The van der Waals surface area contributed by atoms with E-state index in [0.717, 1.165) is 17.7 Å². The van der Waals surface area contributed by atoms with Crippen molar-refractivity contribution in [1.29, 1.82) is 0 Å². The van der Waals surface area contributed by atoms with Gasteiger partial charge in [-0.05, 0) is 13.3 Å². The van der Waals surface area contributed by atoms with Crippen LogP contribution in [0.15, 0.2) is 0 Å². The normalized spacial score (nSPS) is 10.2. The molecular weight excluding hydrogens is 186 g/mol. The molecule has 3 nitrogen and oxygen atoms in total. The topological polar surface area (TPSA) is 29.0 Å². The molecule has 0 aromatic carbocycles. The van der Waals surface area contributed by atoms with Crippen LogP contribution < -0.4 is 4.90 Å². The molecule has 0 aliphatic heterocycles. The zero-order valence-electron chi connectivity index (χ0n) is 8.43. The van der Waals surface area contributed by atoms with Crippen molar-refractivity contribution < 1.29 is 0 Å². The monoisotopic (exact) mass is 199 g/mol. The van der Waals surface area contributed by atoms with Gasteiger partial charge in [-0.25, -0.2) is 9.97 Å². The van der Waals surface area contributed by atoms with Crippen molar-refractivity contribution in [2.45, 2.75) is 20.3 Å². The number of aromatic nitrogens is 2. The van der Waals surface area contributed by atoms with E-state index >= 15 is 0 Å². The first kappa shape index (κ1) is 10.3. The second-order valence-corrected chi connectivity index (χ2v) is 3.48. The zero-order valence-corrected chi connectivity index (χ0v) is 9.18. The highest BCUT2D eigenvalue weighted by Gasteiger charge is 2.08. The van der Waals surface area contributed by atoms with Crippen LogP contribution in [0, 0.1) is 6.92 Å². The molecule has 0 fully saturated rings. The highest BCUT2D eigenvalue weighted by Crippen LogP contribution is 2.19. The molecule has 0 saturated carbocycles. The second kappa shape index (κ2) is 3.92. The number of halogens is 1. The minimum Gasteiger partial charge on any atom is -0.347 e. The first-order valence-corrected chi connectivity index (χ1v) is 4.64. The van der Waals surface area contributed by atoms with Crippen LogP contribution in [0.3, 0.4) is 0 Å². The summed E-state index contributed by atoms with van der Waals surface area (Å²) >= 11 is 6.00. The molecule has 0 aliphatic rings. The van der Waals surface area contributed by atoms with Crippen molar-refractivity contribution in [2.24, 2.45) is 0 Å². The van der Waals surface area contributed by atoms with E-state index in [1.165, 1.54) is 0 Å². The molecule has 1 aromatic rings. The molecule has 0 amide bonds. The van der Waals surface area contributed by atoms with E-state index in [9.17, 15) is 0 Å². The molecule has 72 valence electrons. The van der Waals surface area contributed by atoms with Gasteiger partial charge in [-0.2, -0.15) is 0 Å². The highest BCUT2D eigenvalue weighted by atomic mass is 35.5. The maximum atomic E-state index is 6.00. The molecule has 4 heteroatoms. The minimum atomic E-state index is 0.568. The fourth-order valence-electron chi connectivity index (χ4n) is 1.15. The Labute approximate surface area is 83.8 Å². The van der Waals surface area contributed by atoms with E-state index in [1.54, 1.807) is 0 Å². The maximum absolute atomic E-state index is 6.00. The number of hydrogen-bond donors (Lipinski definition) is 0. The Balaban J connectivity index is 3.20. The molecule has 0 N–H and O–H groups in total. The molecule has 0 atom stereocenters. The van der Waals surface area contributed by atoms with Gasteiger partial charge in [0.1, 0.15) is 5.15 Å². The van der Waals surface area contributed by atoms with Gasteiger partial charge in [0, 0.05) is 25.4 Å². The summed E-state index contributed by atoms with van der Waals surface area (Å²) in [6.45, 7) is 4.01. The summed E-state index contributed by atoms with van der Waals surface area (Å²) in [4.78, 5) is 10.4. The van der Waals surface area contributed by atoms with Gasteiger partial charge in [0.2, 0.25) is 5.95 Å². The molecule has 1 rings (SSSR count). The minimum absolute atomic E-state index is 0.568. The molecule has 0 radical (unpaired) electrons. The number of aryl methyl sites for hydroxylation is 1. The third kappa shape index (κ3) is 2.10. The average Bonchev–Trinajstić information content (AvgIpc) is 2.03. The molecule has 0 unspecified atom stereocenters. The maximum Gasteiger partial charge on any atom is 0.226 e. The van der Waals surface area contributed by atoms with Crippen LogP contribution in [-0.4, -0.2) is 24.1 Å². The van der Waals surface area contributed by atoms with E-state index < -0.39 is 0 Å². The van der Waals surface area contributed by atoms with Crippen molar-refractivity contribution >= 4 is 17.5 Å². The van der Waals surface area contributed by atoms with Gasteiger partial charge >= 0.3 is 0 Å². The molecule has 1 aromatic heterocycles. The smallest absolute Gasteiger partial charge is 0.226 e. The van der Waals surface area contributed by atoms with Crippen molar-refractivity contribution in [1.82, 2.24) is 9.97 Å². The van der Waals surface area contributed by atoms with Crippen molar-refractivity contribution in [3.8, 4) is 0 Å². The second-order valence-electron chi connectivity index (χ2n) is 3.13. The van der Waals surface area contributed by atoms with Crippen LogP contribution >= 0.6 is 11.6 Å². The first-order chi connectivity index (χ1) is 6.06. The quantitative estimate of drug-likeness (QED) is 0.683. The summed E-state index contributed by atoms with van der Waals surface area (Å²) in [7, 11) is 3.80. The fourth-order valence-corrected chi connectivity index (χ4v) is 1.49. The predicted molar refractivity (Wildman–Crippen MR) is 55.5 cm³/mol.